The maximum Gasteiger partial charge on any atom is 0.296 e. The molecule has 2 unspecified atom stereocenters. The number of hydrogen-bond donors (Lipinski definition) is 2. The van der Waals surface area contributed by atoms with Crippen molar-refractivity contribution in [3.05, 3.63) is 33.8 Å². The lowest BCUT2D eigenvalue weighted by Crippen LogP contribution is -2.52. The number of aryl methyl sites for hydroxylation is 1. The molecule has 0 radical (unpaired) electrons. The van der Waals surface area contributed by atoms with Crippen LogP contribution < -0.4 is 25.8 Å². The average Bonchev–Trinajstić information content (AvgIpc) is 3.09. The molecule has 3 aromatic rings. The number of alkyl halides is 2. The van der Waals surface area contributed by atoms with Crippen molar-refractivity contribution < 1.29 is 13.5 Å². The third-order valence-corrected chi connectivity index (χ3v) is 6.91. The van der Waals surface area contributed by atoms with E-state index in [9.17, 15) is 13.6 Å². The fourth-order valence-corrected chi connectivity index (χ4v) is 4.73. The third kappa shape index (κ3) is 4.11. The maximum absolute atomic E-state index is 14.3. The Morgan fingerprint density at radius 3 is 2.71 bits per heavy atom. The normalized spacial score (nSPS) is 21.6. The Morgan fingerprint density at radius 1 is 1.23 bits per heavy atom. The molecule has 1 fully saturated rings. The SMILES string of the molecule is CC1CN(c2ncc(Cl)c(Nc3cnc4c(c3)c3c(c(=O)n4C)OCCCN3)n2)CC(C)C1(F)F. The monoisotopic (exact) mass is 505 g/mol. The Morgan fingerprint density at radius 2 is 1.97 bits per heavy atom. The number of nitrogens with one attached hydrogen (secondary N) is 2. The van der Waals surface area contributed by atoms with E-state index < -0.39 is 17.8 Å². The molecule has 9 nitrogen and oxygen atoms in total. The molecule has 12 heteroatoms. The fourth-order valence-electron chi connectivity index (χ4n) is 4.59. The second-order valence-corrected chi connectivity index (χ2v) is 9.57. The minimum Gasteiger partial charge on any atom is -0.486 e. The molecule has 2 N–H and O–H groups in total. The van der Waals surface area contributed by atoms with Crippen molar-refractivity contribution in [3.8, 4) is 5.75 Å². The average molecular weight is 506 g/mol. The van der Waals surface area contributed by atoms with Crippen LogP contribution in [0.4, 0.5) is 31.9 Å². The Balaban J connectivity index is 1.49. The van der Waals surface area contributed by atoms with Crippen LogP contribution in [0.25, 0.3) is 11.0 Å². The van der Waals surface area contributed by atoms with Crippen LogP contribution in [-0.2, 0) is 7.05 Å². The van der Waals surface area contributed by atoms with E-state index in [4.69, 9.17) is 16.3 Å². The number of fused-ring (bicyclic) bond motifs is 3. The van der Waals surface area contributed by atoms with Crippen LogP contribution >= 0.6 is 11.6 Å². The topological polar surface area (TPSA) is 97.2 Å². The zero-order valence-electron chi connectivity index (χ0n) is 19.6. The number of pyridine rings is 2. The lowest BCUT2D eigenvalue weighted by molar-refractivity contribution is -0.105. The van der Waals surface area contributed by atoms with E-state index in [1.54, 1.807) is 18.1 Å². The molecule has 2 aliphatic rings. The summed E-state index contributed by atoms with van der Waals surface area (Å²) in [6.45, 7) is 4.47. The van der Waals surface area contributed by atoms with Crippen molar-refractivity contribution >= 4 is 45.8 Å². The van der Waals surface area contributed by atoms with Crippen molar-refractivity contribution in [2.75, 3.05) is 41.8 Å². The van der Waals surface area contributed by atoms with Gasteiger partial charge in [-0.15, -0.1) is 0 Å². The van der Waals surface area contributed by atoms with Crippen LogP contribution in [0.5, 0.6) is 5.75 Å². The lowest BCUT2D eigenvalue weighted by atomic mass is 9.87. The highest BCUT2D eigenvalue weighted by Crippen LogP contribution is 2.39. The molecular weight excluding hydrogens is 480 g/mol. The second kappa shape index (κ2) is 8.78. The number of nitrogens with zero attached hydrogens (tertiary/aromatic N) is 5. The molecule has 0 bridgehead atoms. The van der Waals surface area contributed by atoms with E-state index >= 15 is 0 Å². The minimum atomic E-state index is -2.74. The number of piperidine rings is 1. The number of hydrogen-bond acceptors (Lipinski definition) is 8. The highest BCUT2D eigenvalue weighted by molar-refractivity contribution is 6.32. The lowest BCUT2D eigenvalue weighted by Gasteiger charge is -2.41. The van der Waals surface area contributed by atoms with Gasteiger partial charge in [-0.1, -0.05) is 25.4 Å². The van der Waals surface area contributed by atoms with Crippen molar-refractivity contribution in [3.63, 3.8) is 0 Å². The second-order valence-electron chi connectivity index (χ2n) is 9.17. The van der Waals surface area contributed by atoms with Crippen LogP contribution in [0.2, 0.25) is 5.02 Å². The van der Waals surface area contributed by atoms with Gasteiger partial charge >= 0.3 is 0 Å². The first-order valence-corrected chi connectivity index (χ1v) is 11.9. The quantitative estimate of drug-likeness (QED) is 0.550. The van der Waals surface area contributed by atoms with Gasteiger partial charge in [-0.3, -0.25) is 9.36 Å². The molecule has 35 heavy (non-hydrogen) atoms. The Labute approximate surface area is 205 Å². The summed E-state index contributed by atoms with van der Waals surface area (Å²) < 4.78 is 35.8. The molecule has 3 aromatic heterocycles. The van der Waals surface area contributed by atoms with E-state index in [1.165, 1.54) is 24.6 Å². The Kier molecular flexibility index (Phi) is 5.90. The number of rotatable bonds is 3. The highest BCUT2D eigenvalue weighted by Gasteiger charge is 2.47. The molecule has 2 atom stereocenters. The predicted octanol–water partition coefficient (Wildman–Crippen LogP) is 4.04. The summed E-state index contributed by atoms with van der Waals surface area (Å²) in [4.78, 5) is 27.8. The molecule has 5 heterocycles. The van der Waals surface area contributed by atoms with E-state index in [0.29, 0.717) is 47.3 Å². The number of ether oxygens (including phenoxy) is 1. The molecule has 0 saturated carbocycles. The number of aromatic nitrogens is 4. The largest absolute Gasteiger partial charge is 0.486 e. The first kappa shape index (κ1) is 23.5. The van der Waals surface area contributed by atoms with Crippen LogP contribution in [-0.4, -0.2) is 51.7 Å². The zero-order chi connectivity index (χ0) is 24.9. The first-order chi connectivity index (χ1) is 16.7. The van der Waals surface area contributed by atoms with Gasteiger partial charge < -0.3 is 20.3 Å². The standard InChI is InChI=1S/C23H26ClF2N7O2/c1-12-10-33(11-13(2)23(12,25)26)22-29-9-16(24)19(31-22)30-14-7-15-17-18(35-6-4-5-27-17)21(34)32(3)20(15)28-8-14/h7-9,12-13,27H,4-6,10-11H2,1-3H3,(H,29,30,31). The molecule has 0 aliphatic carbocycles. The third-order valence-electron chi connectivity index (χ3n) is 6.63. The fraction of sp³-hybridized carbons (Fsp3) is 0.478. The summed E-state index contributed by atoms with van der Waals surface area (Å²) in [6, 6.07) is 1.84. The van der Waals surface area contributed by atoms with Gasteiger partial charge in [-0.05, 0) is 12.5 Å². The van der Waals surface area contributed by atoms with Gasteiger partial charge in [-0.2, -0.15) is 4.98 Å². The zero-order valence-corrected chi connectivity index (χ0v) is 20.4. The molecular formula is C23H26ClF2N7O2. The van der Waals surface area contributed by atoms with E-state index in [1.807, 2.05) is 6.07 Å². The van der Waals surface area contributed by atoms with Gasteiger partial charge in [0.1, 0.15) is 10.7 Å². The molecule has 0 amide bonds. The van der Waals surface area contributed by atoms with Crippen LogP contribution in [0, 0.1) is 11.8 Å². The summed E-state index contributed by atoms with van der Waals surface area (Å²) in [5.74, 6) is -3.48. The molecule has 186 valence electrons. The Bertz CT molecular complexity index is 1340. The molecule has 2 aliphatic heterocycles. The smallest absolute Gasteiger partial charge is 0.296 e. The van der Waals surface area contributed by atoms with E-state index in [-0.39, 0.29) is 29.4 Å². The van der Waals surface area contributed by atoms with Gasteiger partial charge in [0.05, 0.1) is 30.4 Å². The van der Waals surface area contributed by atoms with Crippen LogP contribution in [0.15, 0.2) is 23.3 Å². The minimum absolute atomic E-state index is 0.141. The van der Waals surface area contributed by atoms with Gasteiger partial charge in [0.25, 0.3) is 11.5 Å². The van der Waals surface area contributed by atoms with Gasteiger partial charge in [0, 0.05) is 43.9 Å². The first-order valence-electron chi connectivity index (χ1n) is 11.5. The van der Waals surface area contributed by atoms with Crippen molar-refractivity contribution in [1.29, 1.82) is 0 Å². The predicted molar refractivity (Wildman–Crippen MR) is 131 cm³/mol. The molecule has 0 aromatic carbocycles. The van der Waals surface area contributed by atoms with Crippen LogP contribution in [0.1, 0.15) is 20.3 Å². The van der Waals surface area contributed by atoms with E-state index in [2.05, 4.69) is 25.6 Å². The summed E-state index contributed by atoms with van der Waals surface area (Å²) >= 11 is 6.36. The van der Waals surface area contributed by atoms with Crippen molar-refractivity contribution in [1.82, 2.24) is 19.5 Å². The van der Waals surface area contributed by atoms with Crippen LogP contribution in [0.3, 0.4) is 0 Å². The van der Waals surface area contributed by atoms with Crippen molar-refractivity contribution in [2.24, 2.45) is 18.9 Å². The number of anilines is 4. The van der Waals surface area contributed by atoms with Gasteiger partial charge in [-0.25, -0.2) is 18.7 Å². The summed E-state index contributed by atoms with van der Waals surface area (Å²) in [5, 5.41) is 7.43. The molecule has 5 rings (SSSR count). The maximum atomic E-state index is 14.3. The molecule has 0 spiro atoms. The number of halogens is 3. The summed E-state index contributed by atoms with van der Waals surface area (Å²) in [7, 11) is 1.65. The summed E-state index contributed by atoms with van der Waals surface area (Å²) in [5.41, 5.74) is 1.43. The highest BCUT2D eigenvalue weighted by atomic mass is 35.5. The van der Waals surface area contributed by atoms with Gasteiger partial charge in [0.15, 0.2) is 5.82 Å². The van der Waals surface area contributed by atoms with Gasteiger partial charge in [0.2, 0.25) is 11.7 Å². The molecule has 1 saturated heterocycles. The van der Waals surface area contributed by atoms with Crippen molar-refractivity contribution in [2.45, 2.75) is 26.2 Å². The van der Waals surface area contributed by atoms with E-state index in [0.717, 1.165) is 6.42 Å². The summed E-state index contributed by atoms with van der Waals surface area (Å²) in [6.07, 6.45) is 3.80. The Hall–Kier alpha value is -3.21.